The van der Waals surface area contributed by atoms with E-state index in [9.17, 15) is 5.26 Å². The molecule has 2 aliphatic rings. The third-order valence-corrected chi connectivity index (χ3v) is 5.06. The van der Waals surface area contributed by atoms with Gasteiger partial charge in [0.2, 0.25) is 0 Å². The van der Waals surface area contributed by atoms with Crippen LogP contribution >= 0.6 is 0 Å². The van der Waals surface area contributed by atoms with Gasteiger partial charge < -0.3 is 15.2 Å². The molecule has 2 N–H and O–H groups in total. The molecule has 2 atom stereocenters. The monoisotopic (exact) mass is 258 g/mol. The maximum absolute atomic E-state index is 9.23. The third kappa shape index (κ3) is 1.84. The Labute approximate surface area is 114 Å². The summed E-state index contributed by atoms with van der Waals surface area (Å²) in [6.45, 7) is 6.53. The quantitative estimate of drug-likeness (QED) is 0.841. The van der Waals surface area contributed by atoms with Gasteiger partial charge in [0.25, 0.3) is 0 Å². The lowest BCUT2D eigenvalue weighted by Crippen LogP contribution is -2.39. The van der Waals surface area contributed by atoms with Gasteiger partial charge in [-0.2, -0.15) is 5.26 Å². The normalized spacial score (nSPS) is 27.2. The van der Waals surface area contributed by atoms with Gasteiger partial charge >= 0.3 is 0 Å². The first-order chi connectivity index (χ1) is 9.13. The lowest BCUT2D eigenvalue weighted by atomic mass is 9.97. The predicted molar refractivity (Wildman–Crippen MR) is 75.9 cm³/mol. The molecule has 0 saturated carbocycles. The van der Waals surface area contributed by atoms with Crippen LogP contribution in [0.15, 0.2) is 0 Å². The van der Waals surface area contributed by atoms with Gasteiger partial charge in [0, 0.05) is 24.3 Å². The van der Waals surface area contributed by atoms with E-state index in [0.717, 1.165) is 18.0 Å². The molecule has 2 saturated heterocycles. The van der Waals surface area contributed by atoms with Crippen molar-refractivity contribution in [2.45, 2.75) is 51.6 Å². The van der Waals surface area contributed by atoms with E-state index in [-0.39, 0.29) is 0 Å². The maximum atomic E-state index is 9.23. The van der Waals surface area contributed by atoms with Gasteiger partial charge in [-0.15, -0.1) is 0 Å². The molecule has 4 nitrogen and oxygen atoms in total. The summed E-state index contributed by atoms with van der Waals surface area (Å²) in [4.78, 5) is 2.61. The molecule has 2 fully saturated rings. The highest BCUT2D eigenvalue weighted by Crippen LogP contribution is 2.37. The van der Waals surface area contributed by atoms with Crippen LogP contribution in [0.5, 0.6) is 0 Å². The van der Waals surface area contributed by atoms with Crippen LogP contribution in [0.4, 0.5) is 5.82 Å². The van der Waals surface area contributed by atoms with Crippen LogP contribution in [0.2, 0.25) is 0 Å². The van der Waals surface area contributed by atoms with Crippen molar-refractivity contribution in [3.05, 3.63) is 16.8 Å². The summed E-state index contributed by atoms with van der Waals surface area (Å²) in [5.41, 5.74) is 9.10. The number of hydrogen-bond donors (Lipinski definition) is 1. The second-order valence-corrected chi connectivity index (χ2v) is 5.96. The van der Waals surface area contributed by atoms with Crippen LogP contribution in [0.1, 0.15) is 48.5 Å². The number of rotatable bonds is 1. The highest BCUT2D eigenvalue weighted by molar-refractivity contribution is 5.58. The molecular formula is C15H22N4. The minimum atomic E-state index is 0.472. The molecule has 0 aliphatic carbocycles. The van der Waals surface area contributed by atoms with E-state index < -0.39 is 0 Å². The Morgan fingerprint density at radius 1 is 1.21 bits per heavy atom. The third-order valence-electron chi connectivity index (χ3n) is 5.06. The predicted octanol–water partition coefficient (Wildman–Crippen LogP) is 2.36. The molecule has 0 aromatic carbocycles. The van der Waals surface area contributed by atoms with Crippen LogP contribution in [0.3, 0.4) is 0 Å². The van der Waals surface area contributed by atoms with Gasteiger partial charge in [0.15, 0.2) is 0 Å². The second kappa shape index (κ2) is 4.57. The first-order valence-electron chi connectivity index (χ1n) is 7.24. The Bertz CT molecular complexity index is 537. The SMILES string of the molecule is Cc1c(C#N)c(N)n(C2CCN3CCCC3C2)c1C. The van der Waals surface area contributed by atoms with Crippen LogP contribution in [0, 0.1) is 25.2 Å². The molecule has 2 unspecified atom stereocenters. The molecule has 19 heavy (non-hydrogen) atoms. The number of aromatic nitrogens is 1. The van der Waals surface area contributed by atoms with Gasteiger partial charge in [-0.25, -0.2) is 0 Å². The number of fused-ring (bicyclic) bond motifs is 1. The molecule has 0 radical (unpaired) electrons. The number of nitriles is 1. The van der Waals surface area contributed by atoms with E-state index in [1.54, 1.807) is 0 Å². The summed E-state index contributed by atoms with van der Waals surface area (Å²) in [5, 5.41) is 9.23. The van der Waals surface area contributed by atoms with Crippen molar-refractivity contribution < 1.29 is 0 Å². The molecule has 4 heteroatoms. The molecule has 102 valence electrons. The van der Waals surface area contributed by atoms with Crippen molar-refractivity contribution in [3.8, 4) is 6.07 Å². The standard InChI is InChI=1S/C15H22N4/c1-10-11(2)19(15(17)14(10)9-16)13-5-7-18-6-3-4-12(18)8-13/h12-13H,3-8,17H2,1-2H3. The Morgan fingerprint density at radius 2 is 2.00 bits per heavy atom. The van der Waals surface area contributed by atoms with Gasteiger partial charge in [-0.1, -0.05) is 0 Å². The van der Waals surface area contributed by atoms with Crippen molar-refractivity contribution in [1.82, 2.24) is 9.47 Å². The van der Waals surface area contributed by atoms with Crippen LogP contribution in [0.25, 0.3) is 0 Å². The van der Waals surface area contributed by atoms with Crippen molar-refractivity contribution in [2.75, 3.05) is 18.8 Å². The fourth-order valence-electron chi connectivity index (χ4n) is 3.90. The van der Waals surface area contributed by atoms with Crippen LogP contribution in [-0.4, -0.2) is 28.6 Å². The van der Waals surface area contributed by atoms with Crippen LogP contribution in [-0.2, 0) is 0 Å². The van der Waals surface area contributed by atoms with Crippen molar-refractivity contribution in [1.29, 1.82) is 5.26 Å². The smallest absolute Gasteiger partial charge is 0.122 e. The van der Waals surface area contributed by atoms with Crippen molar-refractivity contribution >= 4 is 5.82 Å². The lowest BCUT2D eigenvalue weighted by molar-refractivity contribution is 0.155. The fraction of sp³-hybridized carbons (Fsp3) is 0.667. The van der Waals surface area contributed by atoms with E-state index in [0.29, 0.717) is 17.4 Å². The van der Waals surface area contributed by atoms with E-state index in [2.05, 4.69) is 22.5 Å². The number of anilines is 1. The highest BCUT2D eigenvalue weighted by atomic mass is 15.2. The first kappa shape index (κ1) is 12.6. The van der Waals surface area contributed by atoms with E-state index in [1.165, 1.54) is 38.0 Å². The molecule has 0 spiro atoms. The zero-order valence-corrected chi connectivity index (χ0v) is 11.8. The molecule has 0 amide bonds. The topological polar surface area (TPSA) is 58.0 Å². The summed E-state index contributed by atoms with van der Waals surface area (Å²) < 4.78 is 2.23. The molecule has 0 bridgehead atoms. The Hall–Kier alpha value is -1.47. The minimum absolute atomic E-state index is 0.472. The summed E-state index contributed by atoms with van der Waals surface area (Å²) in [6, 6.07) is 3.45. The average molecular weight is 258 g/mol. The largest absolute Gasteiger partial charge is 0.384 e. The molecule has 2 aliphatic heterocycles. The number of nitrogens with two attached hydrogens (primary N) is 1. The summed E-state index contributed by atoms with van der Waals surface area (Å²) in [7, 11) is 0. The van der Waals surface area contributed by atoms with Crippen LogP contribution < -0.4 is 5.73 Å². The fourth-order valence-corrected chi connectivity index (χ4v) is 3.90. The van der Waals surface area contributed by atoms with E-state index in [1.807, 2.05) is 6.92 Å². The number of nitrogen functional groups attached to an aromatic ring is 1. The summed E-state index contributed by atoms with van der Waals surface area (Å²) in [5.74, 6) is 0.675. The molecule has 3 heterocycles. The number of hydrogen-bond acceptors (Lipinski definition) is 3. The van der Waals surface area contributed by atoms with Crippen molar-refractivity contribution in [2.24, 2.45) is 0 Å². The Balaban J connectivity index is 1.93. The summed E-state index contributed by atoms with van der Waals surface area (Å²) >= 11 is 0. The molecule has 3 rings (SSSR count). The van der Waals surface area contributed by atoms with E-state index in [4.69, 9.17) is 5.73 Å². The number of piperidine rings is 1. The van der Waals surface area contributed by atoms with E-state index >= 15 is 0 Å². The maximum Gasteiger partial charge on any atom is 0.122 e. The van der Waals surface area contributed by atoms with Gasteiger partial charge in [-0.3, -0.25) is 0 Å². The Morgan fingerprint density at radius 3 is 2.68 bits per heavy atom. The zero-order chi connectivity index (χ0) is 13.6. The average Bonchev–Trinajstić information content (AvgIpc) is 2.94. The highest BCUT2D eigenvalue weighted by Gasteiger charge is 2.34. The van der Waals surface area contributed by atoms with Crippen molar-refractivity contribution in [3.63, 3.8) is 0 Å². The van der Waals surface area contributed by atoms with Gasteiger partial charge in [-0.05, 0) is 51.6 Å². The number of nitrogens with zero attached hydrogens (tertiary/aromatic N) is 3. The first-order valence-corrected chi connectivity index (χ1v) is 7.24. The van der Waals surface area contributed by atoms with Gasteiger partial charge in [0.1, 0.15) is 11.9 Å². The minimum Gasteiger partial charge on any atom is -0.384 e. The summed E-state index contributed by atoms with van der Waals surface area (Å²) in [6.07, 6.45) is 4.99. The molecule has 1 aromatic rings. The second-order valence-electron chi connectivity index (χ2n) is 5.96. The Kier molecular flexibility index (Phi) is 3.02. The molecular weight excluding hydrogens is 236 g/mol. The molecule has 1 aromatic heterocycles. The van der Waals surface area contributed by atoms with Gasteiger partial charge in [0.05, 0.1) is 5.56 Å². The zero-order valence-electron chi connectivity index (χ0n) is 11.8. The lowest BCUT2D eigenvalue weighted by Gasteiger charge is -2.36.